The third-order valence-corrected chi connectivity index (χ3v) is 4.67. The minimum atomic E-state index is -4.40. The summed E-state index contributed by atoms with van der Waals surface area (Å²) in [5.74, 6) is 0.745. The number of hydrogen-bond acceptors (Lipinski definition) is 3. The lowest BCUT2D eigenvalue weighted by Crippen LogP contribution is -2.28. The molecule has 0 amide bonds. The van der Waals surface area contributed by atoms with Crippen LogP contribution in [0.25, 0.3) is 0 Å². The standard InChI is InChI=1S/C13H16ClF3N2S/c14-11-7-9(13(15,16)17)8-19-12(11)20-6-5-18-10-3-1-2-4-10/h7-8,10,18H,1-6H2. The minimum absolute atomic E-state index is 0.0608. The van der Waals surface area contributed by atoms with Crippen molar-refractivity contribution in [2.24, 2.45) is 0 Å². The van der Waals surface area contributed by atoms with Crippen molar-refractivity contribution in [1.29, 1.82) is 0 Å². The van der Waals surface area contributed by atoms with E-state index in [4.69, 9.17) is 11.6 Å². The maximum atomic E-state index is 12.5. The molecule has 0 aromatic carbocycles. The minimum Gasteiger partial charge on any atom is -0.313 e. The molecule has 20 heavy (non-hydrogen) atoms. The van der Waals surface area contributed by atoms with Gasteiger partial charge in [-0.1, -0.05) is 24.4 Å². The van der Waals surface area contributed by atoms with Crippen LogP contribution < -0.4 is 5.32 Å². The van der Waals surface area contributed by atoms with Crippen LogP contribution in [-0.2, 0) is 6.18 Å². The summed E-state index contributed by atoms with van der Waals surface area (Å²) in [6.07, 6.45) is 1.41. The van der Waals surface area contributed by atoms with Crippen molar-refractivity contribution >= 4 is 23.4 Å². The molecule has 1 aliphatic rings. The van der Waals surface area contributed by atoms with Gasteiger partial charge in [-0.15, -0.1) is 11.8 Å². The Hall–Kier alpha value is -0.460. The lowest BCUT2D eigenvalue weighted by atomic mass is 10.2. The van der Waals surface area contributed by atoms with Crippen LogP contribution in [0, 0.1) is 0 Å². The topological polar surface area (TPSA) is 24.9 Å². The zero-order valence-corrected chi connectivity index (χ0v) is 12.4. The molecule has 1 aromatic rings. The van der Waals surface area contributed by atoms with Crippen molar-refractivity contribution < 1.29 is 13.2 Å². The van der Waals surface area contributed by atoms with Crippen molar-refractivity contribution in [3.8, 4) is 0 Å². The molecule has 1 fully saturated rings. The Balaban J connectivity index is 1.80. The first kappa shape index (κ1) is 15.9. The molecular formula is C13H16ClF3N2S. The lowest BCUT2D eigenvalue weighted by molar-refractivity contribution is -0.137. The van der Waals surface area contributed by atoms with E-state index in [9.17, 15) is 13.2 Å². The molecule has 2 nitrogen and oxygen atoms in total. The summed E-state index contributed by atoms with van der Waals surface area (Å²) < 4.78 is 37.4. The molecule has 0 atom stereocenters. The van der Waals surface area contributed by atoms with Gasteiger partial charge in [0.25, 0.3) is 0 Å². The molecular weight excluding hydrogens is 309 g/mol. The van der Waals surface area contributed by atoms with Crippen LogP contribution in [0.1, 0.15) is 31.2 Å². The van der Waals surface area contributed by atoms with E-state index < -0.39 is 11.7 Å². The second-order valence-electron chi connectivity index (χ2n) is 4.79. The van der Waals surface area contributed by atoms with E-state index in [1.807, 2.05) is 0 Å². The first-order chi connectivity index (χ1) is 9.47. The molecule has 0 radical (unpaired) electrons. The fourth-order valence-electron chi connectivity index (χ4n) is 2.23. The molecule has 7 heteroatoms. The Labute approximate surface area is 125 Å². The monoisotopic (exact) mass is 324 g/mol. The number of aromatic nitrogens is 1. The quantitative estimate of drug-likeness (QED) is 0.642. The van der Waals surface area contributed by atoms with E-state index in [0.29, 0.717) is 11.1 Å². The summed E-state index contributed by atoms with van der Waals surface area (Å²) in [6, 6.07) is 1.52. The smallest absolute Gasteiger partial charge is 0.313 e. The van der Waals surface area contributed by atoms with Gasteiger partial charge >= 0.3 is 6.18 Å². The number of pyridine rings is 1. The molecule has 0 bridgehead atoms. The number of thioether (sulfide) groups is 1. The van der Waals surface area contributed by atoms with E-state index in [-0.39, 0.29) is 5.02 Å². The molecule has 1 aromatic heterocycles. The van der Waals surface area contributed by atoms with Gasteiger partial charge in [-0.3, -0.25) is 0 Å². The second-order valence-corrected chi connectivity index (χ2v) is 6.28. The molecule has 0 spiro atoms. The van der Waals surface area contributed by atoms with E-state index in [0.717, 1.165) is 24.6 Å². The molecule has 1 saturated carbocycles. The average molecular weight is 325 g/mol. The molecule has 0 aliphatic heterocycles. The molecule has 2 rings (SSSR count). The Kier molecular flexibility index (Phi) is 5.57. The Morgan fingerprint density at radius 3 is 2.65 bits per heavy atom. The van der Waals surface area contributed by atoms with Crippen LogP contribution in [0.15, 0.2) is 17.3 Å². The van der Waals surface area contributed by atoms with Crippen LogP contribution in [-0.4, -0.2) is 23.3 Å². The Morgan fingerprint density at radius 1 is 1.35 bits per heavy atom. The van der Waals surface area contributed by atoms with Crippen molar-refractivity contribution in [3.63, 3.8) is 0 Å². The molecule has 0 saturated heterocycles. The highest BCUT2D eigenvalue weighted by Crippen LogP contribution is 2.33. The number of rotatable bonds is 5. The van der Waals surface area contributed by atoms with Crippen LogP contribution in [0.2, 0.25) is 5.02 Å². The summed E-state index contributed by atoms with van der Waals surface area (Å²) in [4.78, 5) is 3.80. The normalized spacial score (nSPS) is 16.8. The van der Waals surface area contributed by atoms with Gasteiger partial charge < -0.3 is 5.32 Å². The predicted molar refractivity (Wildman–Crippen MR) is 75.2 cm³/mol. The van der Waals surface area contributed by atoms with Crippen LogP contribution >= 0.6 is 23.4 Å². The summed E-state index contributed by atoms with van der Waals surface area (Å²) in [7, 11) is 0. The van der Waals surface area contributed by atoms with Gasteiger partial charge in [0.05, 0.1) is 10.6 Å². The summed E-state index contributed by atoms with van der Waals surface area (Å²) >= 11 is 7.21. The van der Waals surface area contributed by atoms with E-state index in [1.165, 1.54) is 37.4 Å². The van der Waals surface area contributed by atoms with Crippen molar-refractivity contribution in [2.45, 2.75) is 42.9 Å². The third kappa shape index (κ3) is 4.53. The van der Waals surface area contributed by atoms with Gasteiger partial charge in [0.1, 0.15) is 5.03 Å². The fraction of sp³-hybridized carbons (Fsp3) is 0.615. The number of nitrogens with zero attached hydrogens (tertiary/aromatic N) is 1. The highest BCUT2D eigenvalue weighted by molar-refractivity contribution is 7.99. The maximum absolute atomic E-state index is 12.5. The predicted octanol–water partition coefficient (Wildman–Crippen LogP) is 4.38. The van der Waals surface area contributed by atoms with Crippen LogP contribution in [0.3, 0.4) is 0 Å². The summed E-state index contributed by atoms with van der Waals surface area (Å²) in [5.41, 5.74) is -0.809. The first-order valence-corrected chi connectivity index (χ1v) is 7.92. The van der Waals surface area contributed by atoms with Gasteiger partial charge in [-0.2, -0.15) is 13.2 Å². The first-order valence-electron chi connectivity index (χ1n) is 6.56. The number of alkyl halides is 3. The van der Waals surface area contributed by atoms with Gasteiger partial charge in [0, 0.05) is 24.5 Å². The molecule has 1 heterocycles. The molecule has 112 valence electrons. The van der Waals surface area contributed by atoms with E-state index in [1.54, 1.807) is 0 Å². The van der Waals surface area contributed by atoms with Crippen LogP contribution in [0.4, 0.5) is 13.2 Å². The number of nitrogens with one attached hydrogen (secondary N) is 1. The zero-order chi connectivity index (χ0) is 14.6. The van der Waals surface area contributed by atoms with Crippen LogP contribution in [0.5, 0.6) is 0 Å². The molecule has 0 unspecified atom stereocenters. The zero-order valence-electron chi connectivity index (χ0n) is 10.8. The number of hydrogen-bond donors (Lipinski definition) is 1. The highest BCUT2D eigenvalue weighted by atomic mass is 35.5. The van der Waals surface area contributed by atoms with Gasteiger partial charge in [-0.05, 0) is 18.9 Å². The van der Waals surface area contributed by atoms with Gasteiger partial charge in [0.15, 0.2) is 0 Å². The second kappa shape index (κ2) is 7.00. The van der Waals surface area contributed by atoms with E-state index >= 15 is 0 Å². The van der Waals surface area contributed by atoms with Crippen molar-refractivity contribution in [2.75, 3.05) is 12.3 Å². The van der Waals surface area contributed by atoms with Gasteiger partial charge in [-0.25, -0.2) is 4.98 Å². The summed E-state index contributed by atoms with van der Waals surface area (Å²) in [5, 5.41) is 3.95. The lowest BCUT2D eigenvalue weighted by Gasteiger charge is -2.12. The fourth-order valence-corrected chi connectivity index (χ4v) is 3.29. The average Bonchev–Trinajstić information content (AvgIpc) is 2.88. The van der Waals surface area contributed by atoms with Gasteiger partial charge in [0.2, 0.25) is 0 Å². The number of halogens is 4. The third-order valence-electron chi connectivity index (χ3n) is 3.26. The highest BCUT2D eigenvalue weighted by Gasteiger charge is 2.31. The summed E-state index contributed by atoms with van der Waals surface area (Å²) in [6.45, 7) is 0.814. The molecule has 1 N–H and O–H groups in total. The van der Waals surface area contributed by atoms with E-state index in [2.05, 4.69) is 10.3 Å². The van der Waals surface area contributed by atoms with Crippen molar-refractivity contribution in [1.82, 2.24) is 10.3 Å². The Morgan fingerprint density at radius 2 is 2.05 bits per heavy atom. The maximum Gasteiger partial charge on any atom is 0.417 e. The Bertz CT molecular complexity index is 448. The molecule has 1 aliphatic carbocycles. The van der Waals surface area contributed by atoms with Crippen molar-refractivity contribution in [3.05, 3.63) is 22.8 Å². The SMILES string of the molecule is FC(F)(F)c1cnc(SCCNC2CCCC2)c(Cl)c1. The largest absolute Gasteiger partial charge is 0.417 e.